The average molecular weight is 291 g/mol. The third kappa shape index (κ3) is 2.13. The first-order valence-corrected chi connectivity index (χ1v) is 6.98. The molecule has 0 fully saturated rings. The van der Waals surface area contributed by atoms with E-state index in [1.54, 1.807) is 11.3 Å². The first-order valence-electron chi connectivity index (χ1n) is 5.72. The Labute approximate surface area is 119 Å². The highest BCUT2D eigenvalue weighted by Gasteiger charge is 2.19. The summed E-state index contributed by atoms with van der Waals surface area (Å²) in [7, 11) is 0. The summed E-state index contributed by atoms with van der Waals surface area (Å²) in [5.41, 5.74) is 9.63. The molecule has 1 aromatic carbocycles. The first-order chi connectivity index (χ1) is 9.16. The second-order valence-corrected chi connectivity index (χ2v) is 5.56. The fourth-order valence-electron chi connectivity index (χ4n) is 1.97. The maximum Gasteiger partial charge on any atom is 0.230 e. The number of thiophene rings is 1. The molecule has 2 heterocycles. The van der Waals surface area contributed by atoms with E-state index in [2.05, 4.69) is 11.2 Å². The van der Waals surface area contributed by atoms with E-state index in [4.69, 9.17) is 21.9 Å². The molecule has 0 aliphatic carbocycles. The quantitative estimate of drug-likeness (QED) is 0.749. The molecule has 0 amide bonds. The summed E-state index contributed by atoms with van der Waals surface area (Å²) in [6.45, 7) is 2.04. The maximum atomic E-state index is 5.91. The standard InChI is InChI=1S/C14H11ClN2OS/c1-8-6-7-19-13(8)12-11(14(16)18-17-12)9-2-4-10(15)5-3-9/h2-7H,16H2,1H3. The molecule has 3 aromatic rings. The van der Waals surface area contributed by atoms with Gasteiger partial charge in [0.25, 0.3) is 0 Å². The van der Waals surface area contributed by atoms with Gasteiger partial charge in [0, 0.05) is 5.02 Å². The summed E-state index contributed by atoms with van der Waals surface area (Å²) in [6.07, 6.45) is 0. The minimum Gasteiger partial charge on any atom is -0.367 e. The lowest BCUT2D eigenvalue weighted by molar-refractivity contribution is 0.439. The summed E-state index contributed by atoms with van der Waals surface area (Å²) in [6, 6.07) is 9.54. The van der Waals surface area contributed by atoms with Gasteiger partial charge in [-0.2, -0.15) is 0 Å². The van der Waals surface area contributed by atoms with Crippen LogP contribution in [-0.2, 0) is 0 Å². The van der Waals surface area contributed by atoms with E-state index in [1.807, 2.05) is 36.6 Å². The third-order valence-electron chi connectivity index (χ3n) is 2.93. The molecule has 0 radical (unpaired) electrons. The summed E-state index contributed by atoms with van der Waals surface area (Å²) in [5, 5.41) is 6.81. The number of hydrogen-bond acceptors (Lipinski definition) is 4. The molecule has 0 spiro atoms. The van der Waals surface area contributed by atoms with Crippen molar-refractivity contribution in [3.63, 3.8) is 0 Å². The highest BCUT2D eigenvalue weighted by atomic mass is 35.5. The van der Waals surface area contributed by atoms with Crippen LogP contribution in [0.25, 0.3) is 21.7 Å². The van der Waals surface area contributed by atoms with Crippen molar-refractivity contribution in [1.29, 1.82) is 0 Å². The van der Waals surface area contributed by atoms with Gasteiger partial charge in [-0.3, -0.25) is 0 Å². The summed E-state index contributed by atoms with van der Waals surface area (Å²) < 4.78 is 5.16. The molecule has 0 saturated carbocycles. The predicted octanol–water partition coefficient (Wildman–Crippen LogP) is 4.61. The smallest absolute Gasteiger partial charge is 0.230 e. The second-order valence-electron chi connectivity index (χ2n) is 4.21. The SMILES string of the molecule is Cc1ccsc1-c1noc(N)c1-c1ccc(Cl)cc1. The van der Waals surface area contributed by atoms with Crippen LogP contribution in [0.4, 0.5) is 5.88 Å². The van der Waals surface area contributed by atoms with Crippen LogP contribution in [0.1, 0.15) is 5.56 Å². The van der Waals surface area contributed by atoms with Crippen LogP contribution in [0.15, 0.2) is 40.2 Å². The number of benzene rings is 1. The van der Waals surface area contributed by atoms with E-state index in [0.29, 0.717) is 10.9 Å². The molecule has 5 heteroatoms. The Balaban J connectivity index is 2.19. The monoisotopic (exact) mass is 290 g/mol. The average Bonchev–Trinajstić information content (AvgIpc) is 2.97. The molecule has 0 atom stereocenters. The van der Waals surface area contributed by atoms with Gasteiger partial charge >= 0.3 is 0 Å². The molecule has 0 aliphatic rings. The first kappa shape index (κ1) is 12.3. The van der Waals surface area contributed by atoms with Crippen LogP contribution in [0.2, 0.25) is 5.02 Å². The molecular weight excluding hydrogens is 280 g/mol. The molecular formula is C14H11ClN2OS. The molecule has 0 bridgehead atoms. The van der Waals surface area contributed by atoms with Crippen LogP contribution in [0.5, 0.6) is 0 Å². The number of nitrogens with two attached hydrogens (primary N) is 1. The minimum atomic E-state index is 0.324. The maximum absolute atomic E-state index is 5.91. The number of rotatable bonds is 2. The van der Waals surface area contributed by atoms with E-state index in [0.717, 1.165) is 27.3 Å². The number of nitrogens with zero attached hydrogens (tertiary/aromatic N) is 1. The van der Waals surface area contributed by atoms with Crippen molar-refractivity contribution < 1.29 is 4.52 Å². The number of aromatic nitrogens is 1. The van der Waals surface area contributed by atoms with Gasteiger partial charge in [0.1, 0.15) is 5.69 Å². The number of anilines is 1. The van der Waals surface area contributed by atoms with Crippen molar-refractivity contribution in [2.24, 2.45) is 0 Å². The van der Waals surface area contributed by atoms with Crippen molar-refractivity contribution in [3.05, 3.63) is 46.3 Å². The van der Waals surface area contributed by atoms with Gasteiger partial charge in [-0.15, -0.1) is 11.3 Å². The number of nitrogen functional groups attached to an aromatic ring is 1. The molecule has 0 aliphatic heterocycles. The lowest BCUT2D eigenvalue weighted by Gasteiger charge is -2.02. The van der Waals surface area contributed by atoms with Crippen LogP contribution < -0.4 is 5.73 Å². The van der Waals surface area contributed by atoms with Gasteiger partial charge in [-0.1, -0.05) is 28.9 Å². The molecule has 0 unspecified atom stereocenters. The summed E-state index contributed by atoms with van der Waals surface area (Å²) >= 11 is 7.53. The van der Waals surface area contributed by atoms with Crippen molar-refractivity contribution in [3.8, 4) is 21.7 Å². The Kier molecular flexibility index (Phi) is 3.05. The van der Waals surface area contributed by atoms with Crippen molar-refractivity contribution in [2.45, 2.75) is 6.92 Å². The number of halogens is 1. The van der Waals surface area contributed by atoms with Gasteiger partial charge in [-0.25, -0.2) is 0 Å². The van der Waals surface area contributed by atoms with E-state index >= 15 is 0 Å². The zero-order valence-corrected chi connectivity index (χ0v) is 11.8. The normalized spacial score (nSPS) is 10.8. The van der Waals surface area contributed by atoms with E-state index in [-0.39, 0.29) is 0 Å². The topological polar surface area (TPSA) is 52.0 Å². The van der Waals surface area contributed by atoms with Gasteiger partial charge in [0.15, 0.2) is 0 Å². The lowest BCUT2D eigenvalue weighted by atomic mass is 10.0. The summed E-state index contributed by atoms with van der Waals surface area (Å²) in [4.78, 5) is 1.07. The molecule has 3 rings (SSSR count). The van der Waals surface area contributed by atoms with Crippen LogP contribution >= 0.6 is 22.9 Å². The Hall–Kier alpha value is -1.78. The fourth-order valence-corrected chi connectivity index (χ4v) is 3.01. The van der Waals surface area contributed by atoms with Gasteiger partial charge in [0.2, 0.25) is 5.88 Å². The Morgan fingerprint density at radius 2 is 1.95 bits per heavy atom. The molecule has 2 N–H and O–H groups in total. The largest absolute Gasteiger partial charge is 0.367 e. The fraction of sp³-hybridized carbons (Fsp3) is 0.0714. The highest BCUT2D eigenvalue weighted by Crippen LogP contribution is 2.39. The van der Waals surface area contributed by atoms with Crippen LogP contribution in [0.3, 0.4) is 0 Å². The molecule has 19 heavy (non-hydrogen) atoms. The van der Waals surface area contributed by atoms with Gasteiger partial charge in [-0.05, 0) is 41.6 Å². The van der Waals surface area contributed by atoms with Crippen molar-refractivity contribution in [1.82, 2.24) is 5.16 Å². The molecule has 96 valence electrons. The van der Waals surface area contributed by atoms with Crippen molar-refractivity contribution >= 4 is 28.8 Å². The Bertz CT molecular complexity index is 715. The minimum absolute atomic E-state index is 0.324. The van der Waals surface area contributed by atoms with E-state index < -0.39 is 0 Å². The zero-order chi connectivity index (χ0) is 13.4. The van der Waals surface area contributed by atoms with E-state index in [9.17, 15) is 0 Å². The molecule has 2 aromatic heterocycles. The third-order valence-corrected chi connectivity index (χ3v) is 4.20. The van der Waals surface area contributed by atoms with E-state index in [1.165, 1.54) is 0 Å². The van der Waals surface area contributed by atoms with Crippen LogP contribution in [0, 0.1) is 6.92 Å². The van der Waals surface area contributed by atoms with Gasteiger partial charge in [0.05, 0.1) is 10.4 Å². The Morgan fingerprint density at radius 3 is 2.58 bits per heavy atom. The van der Waals surface area contributed by atoms with Crippen LogP contribution in [-0.4, -0.2) is 5.16 Å². The second kappa shape index (κ2) is 4.72. The van der Waals surface area contributed by atoms with Crippen molar-refractivity contribution in [2.75, 3.05) is 5.73 Å². The number of hydrogen-bond donors (Lipinski definition) is 1. The Morgan fingerprint density at radius 1 is 1.21 bits per heavy atom. The highest BCUT2D eigenvalue weighted by molar-refractivity contribution is 7.13. The molecule has 3 nitrogen and oxygen atoms in total. The molecule has 0 saturated heterocycles. The number of aryl methyl sites for hydroxylation is 1. The van der Waals surface area contributed by atoms with Gasteiger partial charge < -0.3 is 10.3 Å². The zero-order valence-electron chi connectivity index (χ0n) is 10.2. The predicted molar refractivity (Wildman–Crippen MR) is 79.4 cm³/mol. The summed E-state index contributed by atoms with van der Waals surface area (Å²) in [5.74, 6) is 0.324. The lowest BCUT2D eigenvalue weighted by Crippen LogP contribution is -1.87.